The van der Waals surface area contributed by atoms with Gasteiger partial charge >= 0.3 is 5.97 Å². The zero-order valence-corrected chi connectivity index (χ0v) is 14.7. The zero-order chi connectivity index (χ0) is 16.5. The lowest BCUT2D eigenvalue weighted by Gasteiger charge is -2.10. The molecule has 116 valence electrons. The van der Waals surface area contributed by atoms with E-state index >= 15 is 0 Å². The molecule has 0 aliphatic rings. The van der Waals surface area contributed by atoms with Gasteiger partial charge in [-0.25, -0.2) is 13.2 Å². The number of aromatic hydroxyl groups is 1. The Labute approximate surface area is 143 Å². The number of halogens is 2. The van der Waals surface area contributed by atoms with Gasteiger partial charge in [-0.15, -0.1) is 0 Å². The minimum Gasteiger partial charge on any atom is -0.506 e. The molecule has 2 aromatic rings. The number of hydrogen-bond donors (Lipinski definition) is 3. The summed E-state index contributed by atoms with van der Waals surface area (Å²) in [7, 11) is -3.95. The number of anilines is 1. The molecule has 6 nitrogen and oxygen atoms in total. The highest BCUT2D eigenvalue weighted by Crippen LogP contribution is 2.35. The highest BCUT2D eigenvalue weighted by atomic mass is 79.9. The monoisotopic (exact) mass is 449 g/mol. The van der Waals surface area contributed by atoms with Crippen molar-refractivity contribution in [1.82, 2.24) is 0 Å². The molecule has 0 spiro atoms. The third-order valence-electron chi connectivity index (χ3n) is 2.66. The Hall–Kier alpha value is -1.58. The van der Waals surface area contributed by atoms with Crippen molar-refractivity contribution in [2.24, 2.45) is 0 Å². The van der Waals surface area contributed by atoms with Crippen LogP contribution in [0.4, 0.5) is 5.69 Å². The van der Waals surface area contributed by atoms with Crippen LogP contribution in [0.1, 0.15) is 10.4 Å². The summed E-state index contributed by atoms with van der Waals surface area (Å²) in [6.45, 7) is 0. The zero-order valence-electron chi connectivity index (χ0n) is 10.7. The SMILES string of the molecule is O=C(O)c1cccc(S(=O)(=O)Nc2cc(Br)c(O)c(Br)c2)c1. The first-order chi connectivity index (χ1) is 10.2. The van der Waals surface area contributed by atoms with Crippen molar-refractivity contribution in [2.75, 3.05) is 4.72 Å². The first-order valence-corrected chi connectivity index (χ1v) is 8.82. The van der Waals surface area contributed by atoms with E-state index < -0.39 is 16.0 Å². The molecule has 2 aromatic carbocycles. The van der Waals surface area contributed by atoms with Gasteiger partial charge in [-0.3, -0.25) is 4.72 Å². The molecule has 0 aliphatic heterocycles. The summed E-state index contributed by atoms with van der Waals surface area (Å²) >= 11 is 6.20. The Morgan fingerprint density at radius 3 is 2.23 bits per heavy atom. The van der Waals surface area contributed by atoms with E-state index in [2.05, 4.69) is 36.6 Å². The number of benzene rings is 2. The molecule has 0 saturated carbocycles. The number of carboxylic acid groups (broad SMARTS) is 1. The molecule has 0 saturated heterocycles. The molecule has 9 heteroatoms. The lowest BCUT2D eigenvalue weighted by atomic mass is 10.2. The number of aromatic carboxylic acids is 1. The molecule has 0 heterocycles. The molecule has 0 atom stereocenters. The highest BCUT2D eigenvalue weighted by Gasteiger charge is 2.17. The van der Waals surface area contributed by atoms with Gasteiger partial charge in [0.25, 0.3) is 10.0 Å². The van der Waals surface area contributed by atoms with Crippen LogP contribution in [0.3, 0.4) is 0 Å². The van der Waals surface area contributed by atoms with E-state index in [1.165, 1.54) is 30.3 Å². The van der Waals surface area contributed by atoms with Gasteiger partial charge in [0.1, 0.15) is 5.75 Å². The van der Waals surface area contributed by atoms with E-state index in [1.54, 1.807) is 0 Å². The fraction of sp³-hybridized carbons (Fsp3) is 0. The van der Waals surface area contributed by atoms with Crippen LogP contribution >= 0.6 is 31.9 Å². The van der Waals surface area contributed by atoms with Crippen LogP contribution in [0, 0.1) is 0 Å². The first kappa shape index (κ1) is 16.8. The second kappa shape index (κ2) is 6.27. The van der Waals surface area contributed by atoms with Gasteiger partial charge in [-0.05, 0) is 62.2 Å². The smallest absolute Gasteiger partial charge is 0.335 e. The van der Waals surface area contributed by atoms with E-state index in [-0.39, 0.29) is 21.9 Å². The van der Waals surface area contributed by atoms with Crippen LogP contribution in [0.2, 0.25) is 0 Å². The fourth-order valence-corrected chi connectivity index (χ4v) is 3.91. The lowest BCUT2D eigenvalue weighted by molar-refractivity contribution is 0.0696. The predicted octanol–water partition coefficient (Wildman–Crippen LogP) is 3.42. The predicted molar refractivity (Wildman–Crippen MR) is 87.7 cm³/mol. The Morgan fingerprint density at radius 1 is 1.09 bits per heavy atom. The molecular formula is C13H9Br2NO5S. The van der Waals surface area contributed by atoms with E-state index in [0.717, 1.165) is 6.07 Å². The minimum atomic E-state index is -3.95. The summed E-state index contributed by atoms with van der Waals surface area (Å²) in [5, 5.41) is 18.5. The minimum absolute atomic E-state index is 0.0594. The number of rotatable bonds is 4. The van der Waals surface area contributed by atoms with Crippen LogP contribution in [0.15, 0.2) is 50.2 Å². The van der Waals surface area contributed by atoms with Gasteiger partial charge in [0.05, 0.1) is 25.1 Å². The van der Waals surface area contributed by atoms with Crippen molar-refractivity contribution >= 4 is 53.5 Å². The Balaban J connectivity index is 2.40. The molecule has 3 N–H and O–H groups in total. The number of carboxylic acids is 1. The van der Waals surface area contributed by atoms with Crippen LogP contribution in [0.25, 0.3) is 0 Å². The average Bonchev–Trinajstić information content (AvgIpc) is 2.44. The van der Waals surface area contributed by atoms with Crippen LogP contribution in [-0.2, 0) is 10.0 Å². The Morgan fingerprint density at radius 2 is 1.68 bits per heavy atom. The molecule has 0 fully saturated rings. The maximum atomic E-state index is 12.3. The van der Waals surface area contributed by atoms with E-state index in [0.29, 0.717) is 8.95 Å². The number of phenolic OH excluding ortho intramolecular Hbond substituents is 1. The van der Waals surface area contributed by atoms with Crippen LogP contribution < -0.4 is 4.72 Å². The maximum absolute atomic E-state index is 12.3. The number of phenols is 1. The molecule has 0 aliphatic carbocycles. The number of hydrogen-bond acceptors (Lipinski definition) is 4. The summed E-state index contributed by atoms with van der Waals surface area (Å²) in [4.78, 5) is 10.7. The van der Waals surface area contributed by atoms with Gasteiger partial charge < -0.3 is 10.2 Å². The topological polar surface area (TPSA) is 104 Å². The summed E-state index contributed by atoms with van der Waals surface area (Å²) in [5.41, 5.74) is 0.0771. The molecule has 0 aromatic heterocycles. The second-order valence-corrected chi connectivity index (χ2v) is 7.62. The lowest BCUT2D eigenvalue weighted by Crippen LogP contribution is -2.13. The standard InChI is InChI=1S/C13H9Br2NO5S/c14-10-5-8(6-11(15)12(10)17)16-22(20,21)9-3-1-2-7(4-9)13(18)19/h1-6,16-17H,(H,18,19). The van der Waals surface area contributed by atoms with Crippen molar-refractivity contribution in [1.29, 1.82) is 0 Å². The van der Waals surface area contributed by atoms with Crippen molar-refractivity contribution in [3.05, 3.63) is 50.9 Å². The molecule has 2 rings (SSSR count). The van der Waals surface area contributed by atoms with Gasteiger partial charge in [0, 0.05) is 0 Å². The number of sulfonamides is 1. The Kier molecular flexibility index (Phi) is 4.78. The van der Waals surface area contributed by atoms with Crippen molar-refractivity contribution in [2.45, 2.75) is 4.90 Å². The van der Waals surface area contributed by atoms with Crippen molar-refractivity contribution in [3.63, 3.8) is 0 Å². The second-order valence-electron chi connectivity index (χ2n) is 4.23. The van der Waals surface area contributed by atoms with E-state index in [4.69, 9.17) is 5.11 Å². The molecule has 0 bridgehead atoms. The largest absolute Gasteiger partial charge is 0.506 e. The Bertz CT molecular complexity index is 828. The average molecular weight is 451 g/mol. The quantitative estimate of drug-likeness (QED) is 0.619. The van der Waals surface area contributed by atoms with Crippen molar-refractivity contribution < 1.29 is 23.4 Å². The summed E-state index contributed by atoms with van der Waals surface area (Å²) < 4.78 is 27.5. The van der Waals surface area contributed by atoms with E-state index in [1.807, 2.05) is 0 Å². The third-order valence-corrected chi connectivity index (χ3v) is 5.25. The summed E-state index contributed by atoms with van der Waals surface area (Å²) in [6, 6.07) is 7.78. The van der Waals surface area contributed by atoms with Gasteiger partial charge in [0.2, 0.25) is 0 Å². The van der Waals surface area contributed by atoms with Crippen LogP contribution in [-0.4, -0.2) is 24.6 Å². The van der Waals surface area contributed by atoms with Gasteiger partial charge in [-0.1, -0.05) is 6.07 Å². The van der Waals surface area contributed by atoms with Crippen LogP contribution in [0.5, 0.6) is 5.75 Å². The maximum Gasteiger partial charge on any atom is 0.335 e. The fourth-order valence-electron chi connectivity index (χ4n) is 1.63. The first-order valence-electron chi connectivity index (χ1n) is 5.75. The third kappa shape index (κ3) is 3.60. The summed E-state index contributed by atoms with van der Waals surface area (Å²) in [5.74, 6) is -1.28. The highest BCUT2D eigenvalue weighted by molar-refractivity contribution is 9.11. The normalized spacial score (nSPS) is 11.2. The molecular weight excluding hydrogens is 442 g/mol. The molecule has 0 amide bonds. The number of carbonyl (C=O) groups is 1. The molecule has 22 heavy (non-hydrogen) atoms. The van der Waals surface area contributed by atoms with Gasteiger partial charge in [-0.2, -0.15) is 0 Å². The number of nitrogens with one attached hydrogen (secondary N) is 1. The van der Waals surface area contributed by atoms with Gasteiger partial charge in [0.15, 0.2) is 0 Å². The molecule has 0 unspecified atom stereocenters. The van der Waals surface area contributed by atoms with E-state index in [9.17, 15) is 18.3 Å². The summed E-state index contributed by atoms with van der Waals surface area (Å²) in [6.07, 6.45) is 0. The molecule has 0 radical (unpaired) electrons. The van der Waals surface area contributed by atoms with Crippen molar-refractivity contribution in [3.8, 4) is 5.75 Å².